The van der Waals surface area contributed by atoms with Gasteiger partial charge in [-0.15, -0.1) is 0 Å². The number of carbonyl (C=O) groups is 2. The van der Waals surface area contributed by atoms with Gasteiger partial charge in [0.05, 0.1) is 25.4 Å². The number of nitrogens with one attached hydrogen (secondary N) is 1. The number of carbonyl (C=O) groups excluding carboxylic acids is 2. The number of unbranched alkanes of at least 4 members (excludes halogenated alkanes) is 42. The van der Waals surface area contributed by atoms with Crippen LogP contribution in [-0.4, -0.2) is 47.4 Å². The summed E-state index contributed by atoms with van der Waals surface area (Å²) in [4.78, 5) is 24.6. The van der Waals surface area contributed by atoms with Crippen molar-refractivity contribution in [1.82, 2.24) is 5.32 Å². The third kappa shape index (κ3) is 55.2. The van der Waals surface area contributed by atoms with E-state index in [1.165, 1.54) is 238 Å². The van der Waals surface area contributed by atoms with E-state index in [1.54, 1.807) is 6.08 Å². The molecule has 69 heavy (non-hydrogen) atoms. The molecule has 0 aromatic heterocycles. The van der Waals surface area contributed by atoms with Crippen molar-refractivity contribution in [2.75, 3.05) is 13.2 Å². The number of allylic oxidation sites excluding steroid dienone is 5. The Morgan fingerprint density at radius 3 is 1.13 bits per heavy atom. The van der Waals surface area contributed by atoms with E-state index in [4.69, 9.17) is 4.74 Å². The zero-order valence-electron chi connectivity index (χ0n) is 46.3. The van der Waals surface area contributed by atoms with Gasteiger partial charge in [0.25, 0.3) is 0 Å². The van der Waals surface area contributed by atoms with E-state index in [1.807, 2.05) is 6.08 Å². The van der Waals surface area contributed by atoms with E-state index in [-0.39, 0.29) is 18.5 Å². The lowest BCUT2D eigenvalue weighted by atomic mass is 10.0. The molecular weight excluding hydrogens is 851 g/mol. The number of aliphatic hydroxyl groups excluding tert-OH is 2. The van der Waals surface area contributed by atoms with Gasteiger partial charge in [-0.05, 0) is 64.2 Å². The van der Waals surface area contributed by atoms with E-state index < -0.39 is 12.1 Å². The molecule has 0 rings (SSSR count). The average Bonchev–Trinajstić information content (AvgIpc) is 3.35. The maximum atomic E-state index is 12.5. The zero-order chi connectivity index (χ0) is 50.0. The standard InChI is InChI=1S/C63H119NO5/c1-3-5-7-9-11-13-15-17-19-21-23-25-26-28-31-35-39-43-47-51-55-61(66)60(59-65)64-62(67)56-52-48-44-40-36-32-30-34-38-42-46-50-54-58-69-63(68)57-53-49-45-41-37-33-29-27-24-22-20-18-16-14-12-10-8-6-4-2/h12,14,18,20,51,55,60-61,65-66H,3-11,13,15-17,19,21-50,52-54,56-59H2,1-2H3,(H,64,67)/b14-12-,20-18-,55-51+. The third-order valence-electron chi connectivity index (χ3n) is 14.2. The smallest absolute Gasteiger partial charge is 0.305 e. The van der Waals surface area contributed by atoms with Crippen molar-refractivity contribution >= 4 is 11.9 Å². The van der Waals surface area contributed by atoms with Gasteiger partial charge in [0, 0.05) is 12.8 Å². The fraction of sp³-hybridized carbons (Fsp3) is 0.873. The Bertz CT molecular complexity index is 1120. The second kappa shape index (κ2) is 58.6. The van der Waals surface area contributed by atoms with Gasteiger partial charge in [-0.2, -0.15) is 0 Å². The van der Waals surface area contributed by atoms with Crippen LogP contribution < -0.4 is 5.32 Å². The van der Waals surface area contributed by atoms with Crippen LogP contribution >= 0.6 is 0 Å². The highest BCUT2D eigenvalue weighted by molar-refractivity contribution is 5.76. The summed E-state index contributed by atoms with van der Waals surface area (Å²) in [5.74, 6) is -0.0888. The molecule has 0 heterocycles. The quantitative estimate of drug-likeness (QED) is 0.0321. The highest BCUT2D eigenvalue weighted by Crippen LogP contribution is 2.17. The van der Waals surface area contributed by atoms with Crippen LogP contribution in [0.15, 0.2) is 36.5 Å². The highest BCUT2D eigenvalue weighted by atomic mass is 16.5. The minimum absolute atomic E-state index is 0.0102. The van der Waals surface area contributed by atoms with Crippen molar-refractivity contribution in [3.8, 4) is 0 Å². The van der Waals surface area contributed by atoms with Gasteiger partial charge in [0.2, 0.25) is 5.91 Å². The lowest BCUT2D eigenvalue weighted by Gasteiger charge is -2.20. The van der Waals surface area contributed by atoms with Crippen LogP contribution in [0, 0.1) is 0 Å². The molecule has 0 aromatic carbocycles. The molecular formula is C63H119NO5. The Labute approximate surface area is 430 Å². The van der Waals surface area contributed by atoms with Gasteiger partial charge < -0.3 is 20.3 Å². The molecule has 0 aliphatic carbocycles. The molecule has 0 aromatic rings. The topological polar surface area (TPSA) is 95.9 Å². The molecule has 0 saturated carbocycles. The molecule has 0 saturated heterocycles. The van der Waals surface area contributed by atoms with Crippen LogP contribution in [-0.2, 0) is 14.3 Å². The first-order chi connectivity index (χ1) is 34.0. The van der Waals surface area contributed by atoms with Gasteiger partial charge >= 0.3 is 5.97 Å². The lowest BCUT2D eigenvalue weighted by molar-refractivity contribution is -0.143. The van der Waals surface area contributed by atoms with Crippen molar-refractivity contribution < 1.29 is 24.5 Å². The molecule has 0 fully saturated rings. The van der Waals surface area contributed by atoms with Crippen molar-refractivity contribution in [2.45, 2.75) is 341 Å². The molecule has 3 N–H and O–H groups in total. The number of aliphatic hydroxyl groups is 2. The molecule has 6 heteroatoms. The van der Waals surface area contributed by atoms with Crippen molar-refractivity contribution in [3.05, 3.63) is 36.5 Å². The van der Waals surface area contributed by atoms with Crippen LogP contribution in [0.4, 0.5) is 0 Å². The Balaban J connectivity index is 3.47. The van der Waals surface area contributed by atoms with Gasteiger partial charge in [0.15, 0.2) is 0 Å². The first-order valence-corrected chi connectivity index (χ1v) is 30.8. The molecule has 1 amide bonds. The SMILES string of the molecule is CCCCC/C=C\C/C=C\CCCCCCCCCCCC(=O)OCCCCCCCCCCCCCCCC(=O)NC(CO)C(O)/C=C/CCCCCCCCCCCCCCCCCCCC. The largest absolute Gasteiger partial charge is 0.466 e. The zero-order valence-corrected chi connectivity index (χ0v) is 46.3. The summed E-state index contributed by atoms with van der Waals surface area (Å²) in [6, 6.07) is -0.639. The second-order valence-corrected chi connectivity index (χ2v) is 21.0. The fourth-order valence-corrected chi connectivity index (χ4v) is 9.43. The Kier molecular flexibility index (Phi) is 57.0. The minimum Gasteiger partial charge on any atom is -0.466 e. The first kappa shape index (κ1) is 67.1. The molecule has 0 aliphatic heterocycles. The summed E-state index contributed by atoms with van der Waals surface area (Å²) in [6.07, 6.45) is 73.1. The van der Waals surface area contributed by atoms with E-state index in [0.29, 0.717) is 19.4 Å². The number of ether oxygens (including phenoxy) is 1. The maximum Gasteiger partial charge on any atom is 0.305 e. The number of amides is 1. The summed E-state index contributed by atoms with van der Waals surface area (Å²) >= 11 is 0. The van der Waals surface area contributed by atoms with Crippen LogP contribution in [0.25, 0.3) is 0 Å². The van der Waals surface area contributed by atoms with Gasteiger partial charge in [0.1, 0.15) is 0 Å². The van der Waals surface area contributed by atoms with Crippen LogP contribution in [0.2, 0.25) is 0 Å². The molecule has 0 bridgehead atoms. The van der Waals surface area contributed by atoms with E-state index >= 15 is 0 Å². The molecule has 2 atom stereocenters. The maximum absolute atomic E-state index is 12.5. The monoisotopic (exact) mass is 970 g/mol. The summed E-state index contributed by atoms with van der Waals surface area (Å²) in [7, 11) is 0. The summed E-state index contributed by atoms with van der Waals surface area (Å²) in [6.45, 7) is 4.87. The minimum atomic E-state index is -0.855. The lowest BCUT2D eigenvalue weighted by Crippen LogP contribution is -2.45. The Morgan fingerprint density at radius 1 is 0.406 bits per heavy atom. The number of hydrogen-bond acceptors (Lipinski definition) is 5. The van der Waals surface area contributed by atoms with Crippen molar-refractivity contribution in [3.63, 3.8) is 0 Å². The fourth-order valence-electron chi connectivity index (χ4n) is 9.43. The van der Waals surface area contributed by atoms with E-state index in [0.717, 1.165) is 64.2 Å². The number of hydrogen-bond donors (Lipinski definition) is 3. The molecule has 0 aliphatic rings. The normalized spacial score (nSPS) is 12.8. The van der Waals surface area contributed by atoms with Gasteiger partial charge in [-0.25, -0.2) is 0 Å². The molecule has 6 nitrogen and oxygen atoms in total. The van der Waals surface area contributed by atoms with E-state index in [2.05, 4.69) is 43.5 Å². The summed E-state index contributed by atoms with van der Waals surface area (Å²) < 4.78 is 5.49. The predicted molar refractivity (Wildman–Crippen MR) is 301 cm³/mol. The third-order valence-corrected chi connectivity index (χ3v) is 14.2. The molecule has 406 valence electrons. The summed E-state index contributed by atoms with van der Waals surface area (Å²) in [5, 5.41) is 23.2. The Hall–Kier alpha value is -1.92. The first-order valence-electron chi connectivity index (χ1n) is 30.8. The van der Waals surface area contributed by atoms with Crippen molar-refractivity contribution in [2.24, 2.45) is 0 Å². The van der Waals surface area contributed by atoms with Gasteiger partial charge in [-0.3, -0.25) is 9.59 Å². The second-order valence-electron chi connectivity index (χ2n) is 21.0. The number of rotatable bonds is 57. The molecule has 0 radical (unpaired) electrons. The molecule has 0 spiro atoms. The van der Waals surface area contributed by atoms with Gasteiger partial charge in [-0.1, -0.05) is 288 Å². The average molecular weight is 971 g/mol. The van der Waals surface area contributed by atoms with Crippen LogP contribution in [0.3, 0.4) is 0 Å². The van der Waals surface area contributed by atoms with Crippen LogP contribution in [0.1, 0.15) is 328 Å². The van der Waals surface area contributed by atoms with Crippen molar-refractivity contribution in [1.29, 1.82) is 0 Å². The predicted octanol–water partition coefficient (Wildman–Crippen LogP) is 19.2. The highest BCUT2D eigenvalue weighted by Gasteiger charge is 2.18. The Morgan fingerprint density at radius 2 is 0.725 bits per heavy atom. The summed E-state index contributed by atoms with van der Waals surface area (Å²) in [5.41, 5.74) is 0. The van der Waals surface area contributed by atoms with E-state index in [9.17, 15) is 19.8 Å². The number of esters is 1. The molecule has 2 unspecified atom stereocenters. The van der Waals surface area contributed by atoms with Crippen LogP contribution in [0.5, 0.6) is 0 Å².